The predicted molar refractivity (Wildman–Crippen MR) is 239 cm³/mol. The second-order valence-corrected chi connectivity index (χ2v) is 17.6. The Morgan fingerprint density at radius 2 is 1.18 bits per heavy atom. The van der Waals surface area contributed by atoms with Crippen molar-refractivity contribution in [3.8, 4) is 33.4 Å². The minimum Gasteiger partial charge on any atom is -0.310 e. The van der Waals surface area contributed by atoms with Crippen LogP contribution in [0.3, 0.4) is 0 Å². The zero-order valence-electron chi connectivity index (χ0n) is 32.0. The van der Waals surface area contributed by atoms with Crippen molar-refractivity contribution in [3.05, 3.63) is 187 Å². The van der Waals surface area contributed by atoms with E-state index in [4.69, 9.17) is 0 Å². The first-order chi connectivity index (χ1) is 26.7. The first-order valence-corrected chi connectivity index (χ1v) is 20.2. The molecule has 0 N–H and O–H groups in total. The highest BCUT2D eigenvalue weighted by molar-refractivity contribution is 7.26. The van der Waals surface area contributed by atoms with Crippen LogP contribution in [0.2, 0.25) is 0 Å². The van der Waals surface area contributed by atoms with E-state index in [0.717, 1.165) is 11.4 Å². The molecule has 1 heterocycles. The maximum atomic E-state index is 2.50. The van der Waals surface area contributed by atoms with E-state index in [2.05, 4.69) is 209 Å². The lowest BCUT2D eigenvalue weighted by atomic mass is 9.80. The van der Waals surface area contributed by atoms with E-state index in [-0.39, 0.29) is 10.8 Å². The van der Waals surface area contributed by atoms with Crippen LogP contribution in [0.1, 0.15) is 51.3 Å². The van der Waals surface area contributed by atoms with Crippen molar-refractivity contribution in [2.75, 3.05) is 4.90 Å². The predicted octanol–water partition coefficient (Wildman–Crippen LogP) is 15.6. The Morgan fingerprint density at radius 3 is 1.98 bits per heavy atom. The van der Waals surface area contributed by atoms with Crippen LogP contribution in [0.4, 0.5) is 17.1 Å². The number of rotatable bonds is 5. The molecule has 0 bridgehead atoms. The van der Waals surface area contributed by atoms with Gasteiger partial charge in [-0.1, -0.05) is 168 Å². The highest BCUT2D eigenvalue weighted by Crippen LogP contribution is 2.53. The summed E-state index contributed by atoms with van der Waals surface area (Å²) in [5.74, 6) is 0. The molecule has 10 rings (SSSR count). The molecule has 1 aliphatic carbocycles. The summed E-state index contributed by atoms with van der Waals surface area (Å²) in [6.07, 6.45) is 0. The molecule has 0 amide bonds. The Labute approximate surface area is 328 Å². The maximum absolute atomic E-state index is 2.50. The van der Waals surface area contributed by atoms with Crippen LogP contribution in [-0.2, 0) is 10.8 Å². The normalized spacial score (nSPS) is 13.3. The summed E-state index contributed by atoms with van der Waals surface area (Å²) in [4.78, 5) is 2.50. The van der Waals surface area contributed by atoms with Gasteiger partial charge in [-0.2, -0.15) is 0 Å². The molecule has 0 saturated carbocycles. The fraction of sp³-hybridized carbons (Fsp3) is 0.132. The van der Waals surface area contributed by atoms with Crippen LogP contribution < -0.4 is 4.90 Å². The van der Waals surface area contributed by atoms with Gasteiger partial charge in [-0.25, -0.2) is 0 Å². The molecular formula is C53H43NS. The van der Waals surface area contributed by atoms with Crippen molar-refractivity contribution in [1.29, 1.82) is 0 Å². The minimum atomic E-state index is -0.144. The fourth-order valence-corrected chi connectivity index (χ4v) is 10.1. The molecule has 0 aliphatic heterocycles. The molecule has 55 heavy (non-hydrogen) atoms. The molecule has 0 spiro atoms. The summed E-state index contributed by atoms with van der Waals surface area (Å²) >= 11 is 1.90. The van der Waals surface area contributed by atoms with Gasteiger partial charge in [0.2, 0.25) is 0 Å². The lowest BCUT2D eigenvalue weighted by Gasteiger charge is -2.30. The van der Waals surface area contributed by atoms with Gasteiger partial charge in [-0.05, 0) is 91.5 Å². The van der Waals surface area contributed by atoms with Gasteiger partial charge in [0.25, 0.3) is 0 Å². The van der Waals surface area contributed by atoms with Gasteiger partial charge in [0.1, 0.15) is 0 Å². The SMILES string of the molecule is CC(C)(C)c1ccc2c(c1)-c1ccc(N(c3ccc(-c4ccccc4)cc3)c3ccc4ccccc4c3-c3cccc4c3sc3ccccc34)cc1C2(C)C. The van der Waals surface area contributed by atoms with Gasteiger partial charge in [-0.3, -0.25) is 0 Å². The van der Waals surface area contributed by atoms with Crippen LogP contribution in [0.15, 0.2) is 170 Å². The molecular weight excluding hydrogens is 683 g/mol. The van der Waals surface area contributed by atoms with Gasteiger partial charge in [0, 0.05) is 48.1 Å². The summed E-state index contributed by atoms with van der Waals surface area (Å²) in [6.45, 7) is 11.7. The van der Waals surface area contributed by atoms with E-state index in [1.165, 1.54) is 86.7 Å². The van der Waals surface area contributed by atoms with Crippen molar-refractivity contribution in [1.82, 2.24) is 0 Å². The summed E-state index contributed by atoms with van der Waals surface area (Å²) in [7, 11) is 0. The molecule has 0 unspecified atom stereocenters. The van der Waals surface area contributed by atoms with E-state index in [9.17, 15) is 0 Å². The van der Waals surface area contributed by atoms with Gasteiger partial charge >= 0.3 is 0 Å². The van der Waals surface area contributed by atoms with Crippen molar-refractivity contribution in [3.63, 3.8) is 0 Å². The van der Waals surface area contributed by atoms with Gasteiger partial charge in [0.05, 0.1) is 5.69 Å². The largest absolute Gasteiger partial charge is 0.310 e. The summed E-state index contributed by atoms with van der Waals surface area (Å²) in [6, 6.07) is 63.3. The standard InChI is InChI=1S/C53H43NS/c1-52(2,3)37-25-30-46-45(32-37)41-29-28-39(33-47(41)53(46,4)5)54(38-26-22-35(23-27-38)34-14-7-6-8-15-34)48-31-24-36-16-9-10-17-40(36)50(48)44-20-13-19-43-42-18-11-12-21-49(42)55-51(43)44/h6-33H,1-5H3. The number of fused-ring (bicyclic) bond motifs is 7. The Hall–Kier alpha value is -5.96. The maximum Gasteiger partial charge on any atom is 0.0547 e. The quantitative estimate of drug-likeness (QED) is 0.171. The highest BCUT2D eigenvalue weighted by Gasteiger charge is 2.37. The summed E-state index contributed by atoms with van der Waals surface area (Å²) in [5.41, 5.74) is 15.2. The van der Waals surface area contributed by atoms with Crippen LogP contribution in [0.5, 0.6) is 0 Å². The molecule has 266 valence electrons. The van der Waals surface area contributed by atoms with Crippen molar-refractivity contribution in [2.24, 2.45) is 0 Å². The Bertz CT molecular complexity index is 2920. The van der Waals surface area contributed by atoms with Crippen LogP contribution >= 0.6 is 11.3 Å². The molecule has 0 atom stereocenters. The second kappa shape index (κ2) is 12.5. The van der Waals surface area contributed by atoms with Crippen molar-refractivity contribution < 1.29 is 0 Å². The molecule has 1 aliphatic rings. The average molecular weight is 726 g/mol. The Kier molecular flexibility index (Phi) is 7.67. The lowest BCUT2D eigenvalue weighted by Crippen LogP contribution is -2.17. The molecule has 1 aromatic heterocycles. The molecule has 2 heteroatoms. The molecule has 8 aromatic carbocycles. The van der Waals surface area contributed by atoms with Crippen LogP contribution in [-0.4, -0.2) is 0 Å². The summed E-state index contributed by atoms with van der Waals surface area (Å²) < 4.78 is 2.64. The topological polar surface area (TPSA) is 3.24 Å². The van der Waals surface area contributed by atoms with Gasteiger partial charge in [0.15, 0.2) is 0 Å². The Balaban J connectivity index is 1.24. The molecule has 0 fully saturated rings. The van der Waals surface area contributed by atoms with E-state index < -0.39 is 0 Å². The van der Waals surface area contributed by atoms with E-state index in [0.29, 0.717) is 0 Å². The molecule has 1 nitrogen and oxygen atoms in total. The molecule has 9 aromatic rings. The lowest BCUT2D eigenvalue weighted by molar-refractivity contribution is 0.589. The van der Waals surface area contributed by atoms with Crippen LogP contribution in [0, 0.1) is 0 Å². The molecule has 0 radical (unpaired) electrons. The number of hydrogen-bond donors (Lipinski definition) is 0. The van der Waals surface area contributed by atoms with E-state index >= 15 is 0 Å². The third-order valence-corrected chi connectivity index (χ3v) is 13.1. The number of thiophene rings is 1. The number of hydrogen-bond acceptors (Lipinski definition) is 2. The average Bonchev–Trinajstić information content (AvgIpc) is 3.70. The second-order valence-electron chi connectivity index (χ2n) is 16.6. The monoisotopic (exact) mass is 725 g/mol. The third kappa shape index (κ3) is 5.42. The smallest absolute Gasteiger partial charge is 0.0547 e. The van der Waals surface area contributed by atoms with E-state index in [1.54, 1.807) is 0 Å². The zero-order valence-corrected chi connectivity index (χ0v) is 32.8. The van der Waals surface area contributed by atoms with Gasteiger partial charge in [-0.15, -0.1) is 11.3 Å². The number of anilines is 3. The highest BCUT2D eigenvalue weighted by atomic mass is 32.1. The first-order valence-electron chi connectivity index (χ1n) is 19.3. The number of nitrogens with zero attached hydrogens (tertiary/aromatic N) is 1. The number of benzene rings is 8. The Morgan fingerprint density at radius 1 is 0.491 bits per heavy atom. The fourth-order valence-electron chi connectivity index (χ4n) is 8.88. The van der Waals surface area contributed by atoms with Crippen molar-refractivity contribution >= 4 is 59.3 Å². The third-order valence-electron chi connectivity index (χ3n) is 11.8. The van der Waals surface area contributed by atoms with Crippen LogP contribution in [0.25, 0.3) is 64.3 Å². The molecule has 0 saturated heterocycles. The first kappa shape index (κ1) is 33.6. The van der Waals surface area contributed by atoms with E-state index in [1.807, 2.05) is 11.3 Å². The zero-order chi connectivity index (χ0) is 37.5. The minimum absolute atomic E-state index is 0.0777. The van der Waals surface area contributed by atoms with Gasteiger partial charge < -0.3 is 4.90 Å². The summed E-state index contributed by atoms with van der Waals surface area (Å²) in [5, 5.41) is 5.11. The van der Waals surface area contributed by atoms with Crippen molar-refractivity contribution in [2.45, 2.75) is 45.4 Å².